The van der Waals surface area contributed by atoms with Crippen molar-refractivity contribution in [1.82, 2.24) is 0 Å². The van der Waals surface area contributed by atoms with E-state index in [9.17, 15) is 10.1 Å². The van der Waals surface area contributed by atoms with E-state index in [1.807, 2.05) is 0 Å². The third-order valence-corrected chi connectivity index (χ3v) is 1.47. The van der Waals surface area contributed by atoms with E-state index in [4.69, 9.17) is 0 Å². The monoisotopic (exact) mass is 128 g/mol. The largest absolute Gasteiger partial charge is 0.462 e. The second kappa shape index (κ2) is 2.62. The Hall–Kier alpha value is -0.860. The molecular formula is C6H8O3. The van der Waals surface area contributed by atoms with Crippen LogP contribution in [0.3, 0.4) is 0 Å². The highest BCUT2D eigenvalue weighted by molar-refractivity contribution is 6.37. The highest BCUT2D eigenvalue weighted by Gasteiger charge is 2.25. The molecule has 0 atom stereocenters. The zero-order valence-electron chi connectivity index (χ0n) is 5.05. The third-order valence-electron chi connectivity index (χ3n) is 1.47. The standard InChI is InChI=1S/C6H8O3/c7-5-3-1-2-4-6(5)9-8/h1-4H2. The average molecular weight is 128 g/mol. The van der Waals surface area contributed by atoms with Crippen LogP contribution < -0.4 is 5.26 Å². The average Bonchev–Trinajstić information content (AvgIpc) is 1.89. The molecule has 9 heavy (non-hydrogen) atoms. The van der Waals surface area contributed by atoms with Crippen molar-refractivity contribution in [3.05, 3.63) is 0 Å². The summed E-state index contributed by atoms with van der Waals surface area (Å²) in [6.45, 7) is 0. The van der Waals surface area contributed by atoms with Crippen LogP contribution in [0.4, 0.5) is 0 Å². The second-order valence-electron chi connectivity index (χ2n) is 2.14. The summed E-state index contributed by atoms with van der Waals surface area (Å²) in [6.07, 6.45) is 2.81. The first kappa shape index (κ1) is 6.26. The maximum Gasteiger partial charge on any atom is 0.395 e. The van der Waals surface area contributed by atoms with E-state index >= 15 is 0 Å². The molecule has 1 aliphatic rings. The van der Waals surface area contributed by atoms with Crippen LogP contribution in [0.2, 0.25) is 0 Å². The van der Waals surface area contributed by atoms with E-state index in [0.717, 1.165) is 12.8 Å². The Labute approximate surface area is 52.9 Å². The first-order valence-electron chi connectivity index (χ1n) is 3.03. The number of carbonyl (C=O) groups excluding carboxylic acids is 2. The van der Waals surface area contributed by atoms with Crippen LogP contribution in [0, 0.1) is 0 Å². The van der Waals surface area contributed by atoms with E-state index in [1.54, 1.807) is 0 Å². The molecule has 0 aromatic heterocycles. The Morgan fingerprint density at radius 2 is 2.00 bits per heavy atom. The molecule has 1 fully saturated rings. The zero-order valence-corrected chi connectivity index (χ0v) is 5.05. The summed E-state index contributed by atoms with van der Waals surface area (Å²) in [5, 5.41) is 9.74. The Morgan fingerprint density at radius 1 is 1.33 bits per heavy atom. The molecule has 0 spiro atoms. The van der Waals surface area contributed by atoms with Gasteiger partial charge in [0.1, 0.15) is 0 Å². The molecule has 0 amide bonds. The van der Waals surface area contributed by atoms with Gasteiger partial charge >= 0.3 is 5.78 Å². The summed E-state index contributed by atoms with van der Waals surface area (Å²) in [6, 6.07) is 0. The van der Waals surface area contributed by atoms with Crippen LogP contribution in [0.1, 0.15) is 25.7 Å². The van der Waals surface area contributed by atoms with Gasteiger partial charge in [-0.15, -0.1) is 0 Å². The number of rotatable bonds is 0. The van der Waals surface area contributed by atoms with Gasteiger partial charge in [0.2, 0.25) is 0 Å². The van der Waals surface area contributed by atoms with Crippen molar-refractivity contribution in [2.45, 2.75) is 25.7 Å². The van der Waals surface area contributed by atoms with Gasteiger partial charge < -0.3 is 5.26 Å². The lowest BCUT2D eigenvalue weighted by Gasteiger charge is -2.01. The Kier molecular flexibility index (Phi) is 1.82. The number of hydrogen-bond acceptors (Lipinski definition) is 2. The van der Waals surface area contributed by atoms with Gasteiger partial charge in [-0.2, -0.15) is 4.58 Å². The lowest BCUT2D eigenvalue weighted by Crippen LogP contribution is -2.23. The lowest BCUT2D eigenvalue weighted by molar-refractivity contribution is -1.05. The molecule has 0 aromatic carbocycles. The van der Waals surface area contributed by atoms with Gasteiger partial charge in [0.25, 0.3) is 5.78 Å². The minimum atomic E-state index is -0.115. The van der Waals surface area contributed by atoms with E-state index in [0.29, 0.717) is 12.8 Å². The highest BCUT2D eigenvalue weighted by Crippen LogP contribution is 2.09. The van der Waals surface area contributed by atoms with Crippen molar-refractivity contribution in [2.24, 2.45) is 0 Å². The van der Waals surface area contributed by atoms with E-state index in [-0.39, 0.29) is 11.6 Å². The first-order valence-corrected chi connectivity index (χ1v) is 3.03. The van der Waals surface area contributed by atoms with Crippen molar-refractivity contribution in [3.63, 3.8) is 0 Å². The summed E-state index contributed by atoms with van der Waals surface area (Å²) in [7, 11) is 0. The Balaban J connectivity index is 2.60. The molecule has 0 aliphatic heterocycles. The third kappa shape index (κ3) is 1.28. The number of Topliss-reactive ketones (excluding diaryl/α,β-unsaturated/α-hetero) is 1. The second-order valence-corrected chi connectivity index (χ2v) is 2.14. The summed E-state index contributed by atoms with van der Waals surface area (Å²) < 4.78 is 3.62. The van der Waals surface area contributed by atoms with Crippen LogP contribution in [0.15, 0.2) is 0 Å². The fraction of sp³-hybridized carbons (Fsp3) is 0.667. The van der Waals surface area contributed by atoms with E-state index in [1.165, 1.54) is 0 Å². The van der Waals surface area contributed by atoms with Gasteiger partial charge in [0.05, 0.1) is 6.42 Å². The Bertz CT molecular complexity index is 148. The predicted octanol–water partition coefficient (Wildman–Crippen LogP) is -0.490. The van der Waals surface area contributed by atoms with Gasteiger partial charge in [0.15, 0.2) is 0 Å². The molecule has 0 N–H and O–H groups in total. The molecule has 0 radical (unpaired) electrons. The van der Waals surface area contributed by atoms with Gasteiger partial charge in [0, 0.05) is 6.42 Å². The SMILES string of the molecule is O=C1CCCCC1=[O+][O-]. The van der Waals surface area contributed by atoms with Crippen LogP contribution in [0.5, 0.6) is 0 Å². The fourth-order valence-electron chi connectivity index (χ4n) is 0.938. The van der Waals surface area contributed by atoms with Crippen molar-refractivity contribution >= 4 is 11.6 Å². The normalized spacial score (nSPS) is 24.9. The molecule has 0 heterocycles. The molecule has 0 unspecified atom stereocenters. The van der Waals surface area contributed by atoms with E-state index in [2.05, 4.69) is 4.58 Å². The van der Waals surface area contributed by atoms with Gasteiger partial charge in [-0.3, -0.25) is 4.79 Å². The first-order chi connectivity index (χ1) is 4.34. The highest BCUT2D eigenvalue weighted by atomic mass is 17.1. The molecule has 50 valence electrons. The smallest absolute Gasteiger partial charge is 0.395 e. The molecule has 1 rings (SSSR count). The molecule has 0 aromatic rings. The minimum Gasteiger partial charge on any atom is -0.462 e. The van der Waals surface area contributed by atoms with Gasteiger partial charge in [-0.1, -0.05) is 0 Å². The van der Waals surface area contributed by atoms with Gasteiger partial charge in [-0.25, -0.2) is 0 Å². The topological polar surface area (TPSA) is 51.4 Å². The van der Waals surface area contributed by atoms with Crippen LogP contribution >= 0.6 is 0 Å². The number of ketones is 2. The maximum atomic E-state index is 10.7. The predicted molar refractivity (Wildman–Crippen MR) is 28.5 cm³/mol. The maximum absolute atomic E-state index is 10.7. The summed E-state index contributed by atoms with van der Waals surface area (Å²) in [5.74, 6) is -0.00231. The van der Waals surface area contributed by atoms with Crippen molar-refractivity contribution in [3.8, 4) is 0 Å². The molecule has 1 saturated carbocycles. The van der Waals surface area contributed by atoms with Crippen LogP contribution in [-0.2, 0) is 9.37 Å². The van der Waals surface area contributed by atoms with Crippen LogP contribution in [0.25, 0.3) is 0 Å². The number of carbonyl (C=O) groups is 1. The molecule has 0 bridgehead atoms. The molecule has 1 aliphatic carbocycles. The number of hydrogen-bond donors (Lipinski definition) is 0. The van der Waals surface area contributed by atoms with Crippen molar-refractivity contribution < 1.29 is 14.6 Å². The minimum absolute atomic E-state index is 0.112. The van der Waals surface area contributed by atoms with Gasteiger partial charge in [-0.05, 0) is 12.8 Å². The van der Waals surface area contributed by atoms with Crippen molar-refractivity contribution in [2.75, 3.05) is 0 Å². The fourth-order valence-corrected chi connectivity index (χ4v) is 0.938. The summed E-state index contributed by atoms with van der Waals surface area (Å²) in [5.41, 5.74) is 0. The zero-order chi connectivity index (χ0) is 6.69. The van der Waals surface area contributed by atoms with E-state index < -0.39 is 0 Å². The molecule has 0 saturated heterocycles. The Morgan fingerprint density at radius 3 is 2.44 bits per heavy atom. The van der Waals surface area contributed by atoms with Crippen LogP contribution in [-0.4, -0.2) is 11.6 Å². The molecular weight excluding hydrogens is 120 g/mol. The summed E-state index contributed by atoms with van der Waals surface area (Å²) in [4.78, 5) is 10.7. The summed E-state index contributed by atoms with van der Waals surface area (Å²) >= 11 is 0. The lowest BCUT2D eigenvalue weighted by atomic mass is 9.98. The van der Waals surface area contributed by atoms with Crippen molar-refractivity contribution in [1.29, 1.82) is 0 Å². The molecule has 3 nitrogen and oxygen atoms in total. The molecule has 3 heteroatoms. The quantitative estimate of drug-likeness (QED) is 0.191.